The van der Waals surface area contributed by atoms with Gasteiger partial charge in [-0.2, -0.15) is 0 Å². The van der Waals surface area contributed by atoms with E-state index in [9.17, 15) is 4.39 Å². The second-order valence-electron chi connectivity index (χ2n) is 3.18. The van der Waals surface area contributed by atoms with Crippen LogP contribution in [0.2, 0.25) is 0 Å². The lowest BCUT2D eigenvalue weighted by atomic mass is 10.0. The fourth-order valence-corrected chi connectivity index (χ4v) is 1.44. The predicted octanol–water partition coefficient (Wildman–Crippen LogP) is 2.17. The molecule has 0 radical (unpaired) electrons. The Labute approximate surface area is 83.9 Å². The molecule has 1 aromatic carbocycles. The van der Waals surface area contributed by atoms with Gasteiger partial charge < -0.3 is 10.5 Å². The van der Waals surface area contributed by atoms with Crippen LogP contribution in [0.3, 0.4) is 0 Å². The van der Waals surface area contributed by atoms with Gasteiger partial charge in [0, 0.05) is 13.2 Å². The molecule has 0 bridgehead atoms. The number of rotatable bonds is 4. The first kappa shape index (κ1) is 11.1. The van der Waals surface area contributed by atoms with Crippen LogP contribution in [0.5, 0.6) is 0 Å². The average Bonchev–Trinajstić information content (AvgIpc) is 2.18. The number of halogens is 1. The van der Waals surface area contributed by atoms with E-state index >= 15 is 0 Å². The first-order valence-corrected chi connectivity index (χ1v) is 4.76. The van der Waals surface area contributed by atoms with E-state index in [0.29, 0.717) is 13.2 Å². The molecule has 0 aliphatic rings. The van der Waals surface area contributed by atoms with Gasteiger partial charge in [-0.25, -0.2) is 4.39 Å². The molecule has 0 aliphatic carbocycles. The Bertz CT molecular complexity index is 301. The summed E-state index contributed by atoms with van der Waals surface area (Å²) in [6, 6.07) is 4.67. The van der Waals surface area contributed by atoms with E-state index in [-0.39, 0.29) is 11.9 Å². The molecule has 1 atom stereocenters. The van der Waals surface area contributed by atoms with Crippen LogP contribution in [0.15, 0.2) is 18.2 Å². The maximum atomic E-state index is 13.0. The van der Waals surface area contributed by atoms with Crippen molar-refractivity contribution in [1.29, 1.82) is 0 Å². The molecule has 3 heteroatoms. The Kier molecular flexibility index (Phi) is 4.04. The third-order valence-electron chi connectivity index (χ3n) is 2.17. The van der Waals surface area contributed by atoms with Gasteiger partial charge in [0.2, 0.25) is 0 Å². The zero-order chi connectivity index (χ0) is 10.6. The molecule has 78 valence electrons. The largest absolute Gasteiger partial charge is 0.372 e. The van der Waals surface area contributed by atoms with Crippen molar-refractivity contribution in [3.63, 3.8) is 0 Å². The molecule has 0 heterocycles. The van der Waals surface area contributed by atoms with Crippen molar-refractivity contribution in [2.45, 2.75) is 20.0 Å². The van der Waals surface area contributed by atoms with Crippen LogP contribution < -0.4 is 5.73 Å². The highest BCUT2D eigenvalue weighted by molar-refractivity contribution is 5.28. The molecule has 0 saturated carbocycles. The summed E-state index contributed by atoms with van der Waals surface area (Å²) in [4.78, 5) is 0. The molecule has 2 N–H and O–H groups in total. The summed E-state index contributed by atoms with van der Waals surface area (Å²) in [5.74, 6) is -0.247. The quantitative estimate of drug-likeness (QED) is 0.802. The van der Waals surface area contributed by atoms with E-state index in [4.69, 9.17) is 10.5 Å². The minimum Gasteiger partial charge on any atom is -0.372 e. The molecule has 2 nitrogen and oxygen atoms in total. The zero-order valence-corrected chi connectivity index (χ0v) is 8.59. The van der Waals surface area contributed by atoms with Crippen LogP contribution in [0.25, 0.3) is 0 Å². The first-order chi connectivity index (χ1) is 6.69. The predicted molar refractivity (Wildman–Crippen MR) is 54.6 cm³/mol. The topological polar surface area (TPSA) is 35.2 Å². The van der Waals surface area contributed by atoms with Gasteiger partial charge in [0.15, 0.2) is 0 Å². The highest BCUT2D eigenvalue weighted by Crippen LogP contribution is 2.21. The number of hydrogen-bond acceptors (Lipinski definition) is 2. The number of aryl methyl sites for hydroxylation is 1. The lowest BCUT2D eigenvalue weighted by Crippen LogP contribution is -2.17. The van der Waals surface area contributed by atoms with Crippen LogP contribution in [0.4, 0.5) is 4.39 Å². The Balaban J connectivity index is 2.96. The monoisotopic (exact) mass is 197 g/mol. The normalized spacial score (nSPS) is 12.9. The lowest BCUT2D eigenvalue weighted by Gasteiger charge is -2.17. The maximum Gasteiger partial charge on any atom is 0.123 e. The summed E-state index contributed by atoms with van der Waals surface area (Å²) < 4.78 is 18.4. The summed E-state index contributed by atoms with van der Waals surface area (Å²) in [6.45, 7) is 4.78. The molecular weight excluding hydrogens is 181 g/mol. The Morgan fingerprint density at radius 2 is 2.21 bits per heavy atom. The van der Waals surface area contributed by atoms with Gasteiger partial charge in [0.25, 0.3) is 0 Å². The molecule has 14 heavy (non-hydrogen) atoms. The molecular formula is C11H16FNO. The minimum absolute atomic E-state index is 0.198. The second-order valence-corrected chi connectivity index (χ2v) is 3.18. The molecule has 0 saturated heterocycles. The molecule has 1 rings (SSSR count). The van der Waals surface area contributed by atoms with E-state index in [1.807, 2.05) is 13.8 Å². The van der Waals surface area contributed by atoms with Gasteiger partial charge in [-0.1, -0.05) is 6.07 Å². The standard InChI is InChI=1S/C11H16FNO/c1-3-14-11(7-13)10-6-9(12)5-4-8(10)2/h4-6,11H,3,7,13H2,1-2H3. The van der Waals surface area contributed by atoms with Gasteiger partial charge >= 0.3 is 0 Å². The zero-order valence-electron chi connectivity index (χ0n) is 8.59. The number of ether oxygens (including phenoxy) is 1. The van der Waals surface area contributed by atoms with E-state index in [2.05, 4.69) is 0 Å². The second kappa shape index (κ2) is 5.08. The van der Waals surface area contributed by atoms with Gasteiger partial charge in [0.1, 0.15) is 5.82 Å². The van der Waals surface area contributed by atoms with Gasteiger partial charge in [-0.15, -0.1) is 0 Å². The highest BCUT2D eigenvalue weighted by atomic mass is 19.1. The van der Waals surface area contributed by atoms with Crippen molar-refractivity contribution in [3.05, 3.63) is 35.1 Å². The Morgan fingerprint density at radius 3 is 2.79 bits per heavy atom. The molecule has 1 aromatic rings. The van der Waals surface area contributed by atoms with Crippen LogP contribution in [-0.2, 0) is 4.74 Å². The summed E-state index contributed by atoms with van der Waals surface area (Å²) in [5.41, 5.74) is 7.41. The Morgan fingerprint density at radius 1 is 1.50 bits per heavy atom. The minimum atomic E-state index is -0.247. The number of hydrogen-bond donors (Lipinski definition) is 1. The highest BCUT2D eigenvalue weighted by Gasteiger charge is 2.12. The van der Waals surface area contributed by atoms with E-state index < -0.39 is 0 Å². The van der Waals surface area contributed by atoms with Crippen LogP contribution >= 0.6 is 0 Å². The van der Waals surface area contributed by atoms with Crippen molar-refractivity contribution in [2.24, 2.45) is 5.73 Å². The maximum absolute atomic E-state index is 13.0. The average molecular weight is 197 g/mol. The summed E-state index contributed by atoms with van der Waals surface area (Å²) in [6.07, 6.45) is -0.198. The van der Waals surface area contributed by atoms with Crippen molar-refractivity contribution in [3.8, 4) is 0 Å². The fourth-order valence-electron chi connectivity index (χ4n) is 1.44. The lowest BCUT2D eigenvalue weighted by molar-refractivity contribution is 0.0682. The van der Waals surface area contributed by atoms with Crippen LogP contribution in [0, 0.1) is 12.7 Å². The van der Waals surface area contributed by atoms with Crippen LogP contribution in [0.1, 0.15) is 24.2 Å². The van der Waals surface area contributed by atoms with E-state index in [0.717, 1.165) is 11.1 Å². The van der Waals surface area contributed by atoms with Crippen molar-refractivity contribution >= 4 is 0 Å². The molecule has 0 spiro atoms. The molecule has 1 unspecified atom stereocenters. The number of nitrogens with two attached hydrogens (primary N) is 1. The van der Waals surface area contributed by atoms with Crippen molar-refractivity contribution in [1.82, 2.24) is 0 Å². The SMILES string of the molecule is CCOC(CN)c1cc(F)ccc1C. The summed E-state index contributed by atoms with van der Waals surface area (Å²) >= 11 is 0. The first-order valence-electron chi connectivity index (χ1n) is 4.76. The van der Waals surface area contributed by atoms with Crippen molar-refractivity contribution in [2.75, 3.05) is 13.2 Å². The fraction of sp³-hybridized carbons (Fsp3) is 0.455. The third-order valence-corrected chi connectivity index (χ3v) is 2.17. The van der Waals surface area contributed by atoms with E-state index in [1.54, 1.807) is 6.07 Å². The molecule has 0 aromatic heterocycles. The summed E-state index contributed by atoms with van der Waals surface area (Å²) in [5, 5.41) is 0. The molecule has 0 fully saturated rings. The van der Waals surface area contributed by atoms with Crippen molar-refractivity contribution < 1.29 is 9.13 Å². The Hall–Kier alpha value is -0.930. The third kappa shape index (κ3) is 2.53. The van der Waals surface area contributed by atoms with Gasteiger partial charge in [0.05, 0.1) is 6.10 Å². The smallest absolute Gasteiger partial charge is 0.123 e. The number of benzene rings is 1. The van der Waals surface area contributed by atoms with E-state index in [1.165, 1.54) is 12.1 Å². The van der Waals surface area contributed by atoms with Gasteiger partial charge in [-0.05, 0) is 37.1 Å². The van der Waals surface area contributed by atoms with Gasteiger partial charge in [-0.3, -0.25) is 0 Å². The summed E-state index contributed by atoms with van der Waals surface area (Å²) in [7, 11) is 0. The molecule has 0 amide bonds. The molecule has 0 aliphatic heterocycles. The van der Waals surface area contributed by atoms with Crippen LogP contribution in [-0.4, -0.2) is 13.2 Å².